The van der Waals surface area contributed by atoms with Gasteiger partial charge in [-0.2, -0.15) is 5.10 Å². The maximum atomic E-state index is 5.69. The van der Waals surface area contributed by atoms with Crippen molar-refractivity contribution in [1.29, 1.82) is 0 Å². The fraction of sp³-hybridized carbons (Fsp3) is 0.727. The van der Waals surface area contributed by atoms with Gasteiger partial charge in [0.15, 0.2) is 0 Å². The second kappa shape index (κ2) is 4.23. The first-order valence-corrected chi connectivity index (χ1v) is 5.55. The van der Waals surface area contributed by atoms with Crippen LogP contribution in [-0.2, 0) is 11.8 Å². The molecular formula is C11H19N3O. The number of hydrogen-bond acceptors (Lipinski definition) is 3. The third-order valence-electron chi connectivity index (χ3n) is 2.76. The Morgan fingerprint density at radius 3 is 2.60 bits per heavy atom. The molecule has 1 fully saturated rings. The molecule has 0 bridgehead atoms. The molecule has 0 amide bonds. The van der Waals surface area contributed by atoms with Crippen molar-refractivity contribution in [3.63, 3.8) is 0 Å². The van der Waals surface area contributed by atoms with Crippen molar-refractivity contribution in [3.8, 4) is 0 Å². The summed E-state index contributed by atoms with van der Waals surface area (Å²) in [5.74, 6) is 0.962. The van der Waals surface area contributed by atoms with E-state index in [9.17, 15) is 0 Å². The van der Waals surface area contributed by atoms with Crippen LogP contribution in [0.5, 0.6) is 0 Å². The van der Waals surface area contributed by atoms with Gasteiger partial charge < -0.3 is 10.1 Å². The van der Waals surface area contributed by atoms with E-state index in [0.29, 0.717) is 18.2 Å². The minimum atomic E-state index is 0.343. The van der Waals surface area contributed by atoms with Crippen LogP contribution in [-0.4, -0.2) is 28.0 Å². The summed E-state index contributed by atoms with van der Waals surface area (Å²) in [5, 5.41) is 7.77. The van der Waals surface area contributed by atoms with E-state index in [0.717, 1.165) is 18.7 Å². The van der Waals surface area contributed by atoms with Crippen molar-refractivity contribution in [2.75, 3.05) is 5.32 Å². The molecule has 0 aromatic carbocycles. The Balaban J connectivity index is 1.94. The highest BCUT2D eigenvalue weighted by Gasteiger charge is 2.24. The average molecular weight is 209 g/mol. The first-order chi connectivity index (χ1) is 7.13. The first-order valence-electron chi connectivity index (χ1n) is 5.55. The van der Waals surface area contributed by atoms with Crippen molar-refractivity contribution in [2.24, 2.45) is 7.05 Å². The third kappa shape index (κ3) is 2.72. The van der Waals surface area contributed by atoms with Gasteiger partial charge in [0.05, 0.1) is 12.2 Å². The predicted octanol–water partition coefficient (Wildman–Crippen LogP) is 1.79. The summed E-state index contributed by atoms with van der Waals surface area (Å²) in [5.41, 5.74) is 0. The molecule has 2 atom stereocenters. The second-order valence-corrected chi connectivity index (χ2v) is 4.44. The summed E-state index contributed by atoms with van der Waals surface area (Å²) in [6.45, 7) is 4.26. The molecule has 0 spiro atoms. The Hall–Kier alpha value is -1.03. The maximum Gasteiger partial charge on any atom is 0.148 e. The van der Waals surface area contributed by atoms with Crippen molar-refractivity contribution >= 4 is 5.82 Å². The Kier molecular flexibility index (Phi) is 2.95. The van der Waals surface area contributed by atoms with Crippen molar-refractivity contribution in [3.05, 3.63) is 12.3 Å². The summed E-state index contributed by atoms with van der Waals surface area (Å²) in [4.78, 5) is 0. The van der Waals surface area contributed by atoms with Gasteiger partial charge in [-0.05, 0) is 26.7 Å². The molecule has 1 saturated heterocycles. The molecule has 2 heterocycles. The summed E-state index contributed by atoms with van der Waals surface area (Å²) in [7, 11) is 1.93. The molecule has 84 valence electrons. The van der Waals surface area contributed by atoms with Crippen molar-refractivity contribution in [1.82, 2.24) is 9.78 Å². The van der Waals surface area contributed by atoms with Crippen molar-refractivity contribution < 1.29 is 4.74 Å². The predicted molar refractivity (Wildman–Crippen MR) is 59.9 cm³/mol. The number of aryl methyl sites for hydroxylation is 1. The standard InChI is InChI=1S/C11H19N3O/c1-8-6-10(7-9(2)15-8)12-11-4-5-14(3)13-11/h4-5,8-10H,6-7H2,1-3H3,(H,12,13). The van der Waals surface area contributed by atoms with E-state index in [-0.39, 0.29) is 0 Å². The van der Waals surface area contributed by atoms with E-state index in [1.807, 2.05) is 24.0 Å². The Labute approximate surface area is 90.6 Å². The number of hydrogen-bond donors (Lipinski definition) is 1. The van der Waals surface area contributed by atoms with Crippen LogP contribution in [0.1, 0.15) is 26.7 Å². The summed E-state index contributed by atoms with van der Waals surface area (Å²) < 4.78 is 7.51. The van der Waals surface area contributed by atoms with Gasteiger partial charge in [-0.15, -0.1) is 0 Å². The van der Waals surface area contributed by atoms with E-state index in [4.69, 9.17) is 4.74 Å². The monoisotopic (exact) mass is 209 g/mol. The lowest BCUT2D eigenvalue weighted by molar-refractivity contribution is -0.0338. The molecule has 1 aromatic heterocycles. The fourth-order valence-electron chi connectivity index (χ4n) is 2.22. The molecule has 2 rings (SSSR count). The highest BCUT2D eigenvalue weighted by atomic mass is 16.5. The molecule has 4 heteroatoms. The van der Waals surface area contributed by atoms with Crippen LogP contribution < -0.4 is 5.32 Å². The molecule has 0 radical (unpaired) electrons. The summed E-state index contributed by atoms with van der Waals surface area (Å²) in [6, 6.07) is 2.49. The van der Waals surface area contributed by atoms with Gasteiger partial charge in [-0.25, -0.2) is 0 Å². The minimum absolute atomic E-state index is 0.343. The zero-order chi connectivity index (χ0) is 10.8. The van der Waals surface area contributed by atoms with E-state index in [1.165, 1.54) is 0 Å². The molecule has 4 nitrogen and oxygen atoms in total. The van der Waals surface area contributed by atoms with E-state index >= 15 is 0 Å². The van der Waals surface area contributed by atoms with Gasteiger partial charge in [-0.1, -0.05) is 0 Å². The number of anilines is 1. The highest BCUT2D eigenvalue weighted by molar-refractivity contribution is 5.33. The first kappa shape index (κ1) is 10.5. The van der Waals surface area contributed by atoms with Crippen molar-refractivity contribution in [2.45, 2.75) is 44.9 Å². The molecule has 0 aliphatic carbocycles. The lowest BCUT2D eigenvalue weighted by Crippen LogP contribution is -2.37. The fourth-order valence-corrected chi connectivity index (χ4v) is 2.22. The van der Waals surface area contributed by atoms with Gasteiger partial charge >= 0.3 is 0 Å². The zero-order valence-corrected chi connectivity index (χ0v) is 9.60. The van der Waals surface area contributed by atoms with E-state index in [2.05, 4.69) is 24.3 Å². The summed E-state index contributed by atoms with van der Waals surface area (Å²) >= 11 is 0. The van der Waals surface area contributed by atoms with E-state index < -0.39 is 0 Å². The van der Waals surface area contributed by atoms with Crippen LogP contribution >= 0.6 is 0 Å². The Bertz CT molecular complexity index is 313. The normalized spacial score (nSPS) is 31.5. The van der Waals surface area contributed by atoms with Gasteiger partial charge in [0.2, 0.25) is 0 Å². The van der Waals surface area contributed by atoms with Gasteiger partial charge in [0.25, 0.3) is 0 Å². The molecular weight excluding hydrogens is 190 g/mol. The Morgan fingerprint density at radius 1 is 1.40 bits per heavy atom. The number of nitrogens with one attached hydrogen (secondary N) is 1. The molecule has 0 saturated carbocycles. The quantitative estimate of drug-likeness (QED) is 0.807. The molecule has 1 N–H and O–H groups in total. The topological polar surface area (TPSA) is 39.1 Å². The lowest BCUT2D eigenvalue weighted by Gasteiger charge is -2.32. The largest absolute Gasteiger partial charge is 0.375 e. The van der Waals surface area contributed by atoms with Crippen LogP contribution in [0.2, 0.25) is 0 Å². The molecule has 1 aromatic rings. The van der Waals surface area contributed by atoms with Crippen LogP contribution in [0.15, 0.2) is 12.3 Å². The van der Waals surface area contributed by atoms with Gasteiger partial charge in [-0.3, -0.25) is 4.68 Å². The minimum Gasteiger partial charge on any atom is -0.375 e. The van der Waals surface area contributed by atoms with Crippen LogP contribution in [0.3, 0.4) is 0 Å². The number of ether oxygens (including phenoxy) is 1. The number of rotatable bonds is 2. The van der Waals surface area contributed by atoms with Crippen LogP contribution in [0.4, 0.5) is 5.82 Å². The number of aromatic nitrogens is 2. The zero-order valence-electron chi connectivity index (χ0n) is 9.60. The second-order valence-electron chi connectivity index (χ2n) is 4.44. The highest BCUT2D eigenvalue weighted by Crippen LogP contribution is 2.21. The maximum absolute atomic E-state index is 5.69. The smallest absolute Gasteiger partial charge is 0.148 e. The molecule has 15 heavy (non-hydrogen) atoms. The Morgan fingerprint density at radius 2 is 2.07 bits per heavy atom. The lowest BCUT2D eigenvalue weighted by atomic mass is 10.00. The number of nitrogens with zero attached hydrogens (tertiary/aromatic N) is 2. The third-order valence-corrected chi connectivity index (χ3v) is 2.76. The SMILES string of the molecule is CC1CC(Nc2ccn(C)n2)CC(C)O1. The molecule has 2 unspecified atom stereocenters. The molecule has 1 aliphatic heterocycles. The van der Waals surface area contributed by atoms with Gasteiger partial charge in [0.1, 0.15) is 5.82 Å². The van der Waals surface area contributed by atoms with E-state index in [1.54, 1.807) is 0 Å². The summed E-state index contributed by atoms with van der Waals surface area (Å²) in [6.07, 6.45) is 4.75. The van der Waals surface area contributed by atoms with Gasteiger partial charge in [0, 0.05) is 25.4 Å². The van der Waals surface area contributed by atoms with Crippen LogP contribution in [0, 0.1) is 0 Å². The van der Waals surface area contributed by atoms with Crippen LogP contribution in [0.25, 0.3) is 0 Å². The molecule has 1 aliphatic rings. The average Bonchev–Trinajstić information content (AvgIpc) is 2.49.